The van der Waals surface area contributed by atoms with Gasteiger partial charge in [0.15, 0.2) is 0 Å². The molecule has 0 radical (unpaired) electrons. The van der Waals surface area contributed by atoms with Gasteiger partial charge in [-0.2, -0.15) is 0 Å². The van der Waals surface area contributed by atoms with Gasteiger partial charge in [0.05, 0.1) is 5.41 Å². The van der Waals surface area contributed by atoms with E-state index in [2.05, 4.69) is 19.2 Å². The highest BCUT2D eigenvalue weighted by Gasteiger charge is 2.51. The predicted molar refractivity (Wildman–Crippen MR) is 113 cm³/mol. The van der Waals surface area contributed by atoms with Crippen molar-refractivity contribution in [1.82, 2.24) is 0 Å². The molecule has 0 saturated heterocycles. The van der Waals surface area contributed by atoms with Crippen molar-refractivity contribution in [1.29, 1.82) is 0 Å². The fraction of sp³-hybridized carbons (Fsp3) is 0.417. The Hall–Kier alpha value is -2.69. The number of rotatable bonds is 6. The number of carbonyl (C=O) groups excluding carboxylic acids is 2. The molecule has 2 aromatic rings. The summed E-state index contributed by atoms with van der Waals surface area (Å²) in [5.41, 5.74) is 3.11. The smallest absolute Gasteiger partial charge is 0.235 e. The molecule has 4 rings (SSSR count). The van der Waals surface area contributed by atoms with Crippen LogP contribution in [0.2, 0.25) is 0 Å². The molecule has 29 heavy (non-hydrogen) atoms. The third-order valence-corrected chi connectivity index (χ3v) is 6.05. The highest BCUT2D eigenvalue weighted by Crippen LogP contribution is 2.49. The number of carbonyl (C=O) groups is 2. The molecule has 4 nitrogen and oxygen atoms in total. The number of amides is 2. The Morgan fingerprint density at radius 2 is 1.86 bits per heavy atom. The van der Waals surface area contributed by atoms with E-state index in [-0.39, 0.29) is 17.6 Å². The monoisotopic (exact) mass is 394 g/mol. The molecule has 0 spiro atoms. The van der Waals surface area contributed by atoms with Gasteiger partial charge in [-0.25, -0.2) is 4.39 Å². The maximum atomic E-state index is 13.2. The molecule has 0 aromatic heterocycles. The van der Waals surface area contributed by atoms with Crippen LogP contribution in [0.25, 0.3) is 0 Å². The van der Waals surface area contributed by atoms with E-state index in [1.54, 1.807) is 12.1 Å². The van der Waals surface area contributed by atoms with Crippen LogP contribution in [0.5, 0.6) is 0 Å². The second-order valence-electron chi connectivity index (χ2n) is 8.61. The zero-order valence-electron chi connectivity index (χ0n) is 17.0. The van der Waals surface area contributed by atoms with Crippen molar-refractivity contribution in [2.24, 2.45) is 5.92 Å². The lowest BCUT2D eigenvalue weighted by Gasteiger charge is -2.30. The van der Waals surface area contributed by atoms with Gasteiger partial charge in [-0.15, -0.1) is 0 Å². The third kappa shape index (κ3) is 3.91. The molecule has 0 atom stereocenters. The van der Waals surface area contributed by atoms with Crippen LogP contribution in [0, 0.1) is 11.7 Å². The van der Waals surface area contributed by atoms with E-state index in [1.807, 2.05) is 23.1 Å². The molecule has 2 aliphatic rings. The van der Waals surface area contributed by atoms with E-state index in [0.29, 0.717) is 18.8 Å². The number of hydrogen-bond acceptors (Lipinski definition) is 2. The fourth-order valence-corrected chi connectivity index (χ4v) is 4.06. The van der Waals surface area contributed by atoms with Crippen LogP contribution in [-0.4, -0.2) is 18.4 Å². The van der Waals surface area contributed by atoms with Crippen LogP contribution < -0.4 is 10.2 Å². The van der Waals surface area contributed by atoms with E-state index < -0.39 is 5.41 Å². The van der Waals surface area contributed by atoms with Crippen molar-refractivity contribution in [2.75, 3.05) is 16.8 Å². The first-order valence-electron chi connectivity index (χ1n) is 10.4. The van der Waals surface area contributed by atoms with E-state index >= 15 is 0 Å². The number of benzene rings is 2. The van der Waals surface area contributed by atoms with Crippen LogP contribution in [0.4, 0.5) is 15.8 Å². The van der Waals surface area contributed by atoms with Crippen LogP contribution in [0.15, 0.2) is 42.5 Å². The minimum absolute atomic E-state index is 0.0485. The number of anilines is 2. The first-order chi connectivity index (χ1) is 13.9. The number of aryl methyl sites for hydroxylation is 1. The number of fused-ring (bicyclic) bond motifs is 1. The summed E-state index contributed by atoms with van der Waals surface area (Å²) < 4.78 is 13.2. The highest BCUT2D eigenvalue weighted by atomic mass is 19.1. The Morgan fingerprint density at radius 3 is 2.52 bits per heavy atom. The van der Waals surface area contributed by atoms with Gasteiger partial charge < -0.3 is 10.2 Å². The molecule has 5 heteroatoms. The standard InChI is InChI=1S/C24H27FN2O2/c1-16(2)11-14-27-21-9-8-20(15-17(21)3-10-22(27)28)26-23(29)24(12-13-24)18-4-6-19(25)7-5-18/h4-9,15-16H,3,10-14H2,1-2H3,(H,26,29). The van der Waals surface area contributed by atoms with E-state index in [9.17, 15) is 14.0 Å². The Labute approximate surface area is 171 Å². The zero-order chi connectivity index (χ0) is 20.6. The zero-order valence-corrected chi connectivity index (χ0v) is 17.0. The SMILES string of the molecule is CC(C)CCN1C(=O)CCc2cc(NC(=O)C3(c4ccc(F)cc4)CC3)ccc21. The molecule has 1 aliphatic heterocycles. The summed E-state index contributed by atoms with van der Waals surface area (Å²) in [6, 6.07) is 12.0. The maximum Gasteiger partial charge on any atom is 0.235 e. The molecule has 0 bridgehead atoms. The molecule has 2 aromatic carbocycles. The molecule has 152 valence electrons. The summed E-state index contributed by atoms with van der Waals surface area (Å²) in [5, 5.41) is 3.05. The molecule has 2 amide bonds. The third-order valence-electron chi connectivity index (χ3n) is 6.05. The molecule has 1 aliphatic carbocycles. The Bertz CT molecular complexity index is 932. The van der Waals surface area contributed by atoms with Gasteiger partial charge in [-0.3, -0.25) is 9.59 Å². The lowest BCUT2D eigenvalue weighted by atomic mass is 9.94. The Balaban J connectivity index is 1.51. The van der Waals surface area contributed by atoms with E-state index in [4.69, 9.17) is 0 Å². The second-order valence-corrected chi connectivity index (χ2v) is 8.61. The number of hydrogen-bond donors (Lipinski definition) is 1. The molecule has 1 saturated carbocycles. The Kier molecular flexibility index (Phi) is 5.15. The van der Waals surface area contributed by atoms with Gasteiger partial charge in [0.25, 0.3) is 0 Å². The summed E-state index contributed by atoms with van der Waals surface area (Å²) in [4.78, 5) is 27.2. The quantitative estimate of drug-likeness (QED) is 0.764. The fourth-order valence-electron chi connectivity index (χ4n) is 4.06. The largest absolute Gasteiger partial charge is 0.325 e. The number of nitrogens with one attached hydrogen (secondary N) is 1. The number of nitrogens with zero attached hydrogens (tertiary/aromatic N) is 1. The molecule has 1 N–H and O–H groups in total. The summed E-state index contributed by atoms with van der Waals surface area (Å²) in [7, 11) is 0. The van der Waals surface area contributed by atoms with Crippen molar-refractivity contribution in [3.8, 4) is 0 Å². The van der Waals surface area contributed by atoms with Crippen LogP contribution in [-0.2, 0) is 21.4 Å². The first kappa shape index (κ1) is 19.6. The summed E-state index contributed by atoms with van der Waals surface area (Å²) in [5.74, 6) is 0.361. The highest BCUT2D eigenvalue weighted by molar-refractivity contribution is 6.02. The summed E-state index contributed by atoms with van der Waals surface area (Å²) >= 11 is 0. The maximum absolute atomic E-state index is 13.2. The molecule has 0 unspecified atom stereocenters. The predicted octanol–water partition coefficient (Wildman–Crippen LogP) is 4.82. The van der Waals surface area contributed by atoms with Crippen LogP contribution >= 0.6 is 0 Å². The van der Waals surface area contributed by atoms with Crippen molar-refractivity contribution < 1.29 is 14.0 Å². The van der Waals surface area contributed by atoms with Gasteiger partial charge in [0, 0.05) is 24.3 Å². The minimum Gasteiger partial charge on any atom is -0.325 e. The molecular formula is C24H27FN2O2. The normalized spacial score (nSPS) is 17.2. The van der Waals surface area contributed by atoms with Gasteiger partial charge in [0.2, 0.25) is 11.8 Å². The summed E-state index contributed by atoms with van der Waals surface area (Å²) in [6.45, 7) is 5.04. The molecular weight excluding hydrogens is 367 g/mol. The Morgan fingerprint density at radius 1 is 1.14 bits per heavy atom. The lowest BCUT2D eigenvalue weighted by molar-refractivity contribution is -0.119. The van der Waals surface area contributed by atoms with E-state index in [1.165, 1.54) is 12.1 Å². The lowest BCUT2D eigenvalue weighted by Crippen LogP contribution is -2.36. The van der Waals surface area contributed by atoms with Crippen LogP contribution in [0.3, 0.4) is 0 Å². The average Bonchev–Trinajstić information content (AvgIpc) is 3.50. The first-order valence-corrected chi connectivity index (χ1v) is 10.4. The van der Waals surface area contributed by atoms with Gasteiger partial charge in [0.1, 0.15) is 5.82 Å². The summed E-state index contributed by atoms with van der Waals surface area (Å²) in [6.07, 6.45) is 3.70. The topological polar surface area (TPSA) is 49.4 Å². The molecule has 1 fully saturated rings. The number of halogens is 1. The van der Waals surface area contributed by atoms with Gasteiger partial charge in [-0.05, 0) is 73.1 Å². The van der Waals surface area contributed by atoms with Gasteiger partial charge >= 0.3 is 0 Å². The second kappa shape index (κ2) is 7.62. The molecule has 1 heterocycles. The van der Waals surface area contributed by atoms with Crippen molar-refractivity contribution in [2.45, 2.75) is 51.4 Å². The van der Waals surface area contributed by atoms with Crippen LogP contribution in [0.1, 0.15) is 50.7 Å². The average molecular weight is 394 g/mol. The van der Waals surface area contributed by atoms with Crippen molar-refractivity contribution in [3.63, 3.8) is 0 Å². The van der Waals surface area contributed by atoms with Crippen molar-refractivity contribution >= 4 is 23.2 Å². The van der Waals surface area contributed by atoms with Crippen molar-refractivity contribution in [3.05, 3.63) is 59.4 Å². The van der Waals surface area contributed by atoms with Gasteiger partial charge in [-0.1, -0.05) is 26.0 Å². The minimum atomic E-state index is -0.553. The van der Waals surface area contributed by atoms with E-state index in [0.717, 1.165) is 48.3 Å².